The van der Waals surface area contributed by atoms with Crippen molar-refractivity contribution in [3.8, 4) is 0 Å². The molecule has 0 spiro atoms. The third kappa shape index (κ3) is 1.56. The number of hydrogen-bond donors (Lipinski definition) is 0. The van der Waals surface area contributed by atoms with Crippen LogP contribution in [0.1, 0.15) is 41.7 Å². The molecule has 1 heteroatoms. The van der Waals surface area contributed by atoms with Crippen LogP contribution in [0.4, 0.5) is 0 Å². The predicted octanol–water partition coefficient (Wildman–Crippen LogP) is 3.97. The molecule has 12 heavy (non-hydrogen) atoms. The summed E-state index contributed by atoms with van der Waals surface area (Å²) >= 11 is 1.95. The lowest BCUT2D eigenvalue weighted by Gasteiger charge is -2.17. The van der Waals surface area contributed by atoms with E-state index in [1.54, 1.807) is 0 Å². The van der Waals surface area contributed by atoms with Gasteiger partial charge in [-0.3, -0.25) is 0 Å². The van der Waals surface area contributed by atoms with Gasteiger partial charge < -0.3 is 0 Å². The minimum Gasteiger partial charge on any atom is -0.145 e. The maximum absolute atomic E-state index is 2.28. The maximum Gasteiger partial charge on any atom is 0.0133 e. The van der Waals surface area contributed by atoms with Gasteiger partial charge in [0.05, 0.1) is 0 Å². The van der Waals surface area contributed by atoms with Crippen LogP contribution in [-0.2, 0) is 5.41 Å². The van der Waals surface area contributed by atoms with Crippen molar-refractivity contribution in [1.29, 1.82) is 0 Å². The second-order valence-corrected chi connectivity index (χ2v) is 5.71. The molecule has 0 saturated carbocycles. The molecule has 0 bridgehead atoms. The van der Waals surface area contributed by atoms with Gasteiger partial charge >= 0.3 is 0 Å². The Morgan fingerprint density at radius 2 is 1.42 bits per heavy atom. The molecule has 0 aromatic carbocycles. The molecule has 0 radical (unpaired) electrons. The van der Waals surface area contributed by atoms with E-state index in [0.717, 1.165) is 0 Å². The Hall–Kier alpha value is -0.300. The van der Waals surface area contributed by atoms with Gasteiger partial charge in [0.25, 0.3) is 0 Å². The number of thiophene rings is 1. The first-order valence-corrected chi connectivity index (χ1v) is 5.22. The van der Waals surface area contributed by atoms with Gasteiger partial charge in [-0.2, -0.15) is 0 Å². The Morgan fingerprint density at radius 3 is 1.58 bits per heavy atom. The molecule has 0 aliphatic rings. The van der Waals surface area contributed by atoms with Crippen molar-refractivity contribution < 1.29 is 0 Å². The largest absolute Gasteiger partial charge is 0.145 e. The highest BCUT2D eigenvalue weighted by atomic mass is 32.1. The lowest BCUT2D eigenvalue weighted by atomic mass is 9.91. The Bertz CT molecular complexity index is 287. The molecule has 68 valence electrons. The van der Waals surface area contributed by atoms with Crippen molar-refractivity contribution in [3.63, 3.8) is 0 Å². The quantitative estimate of drug-likeness (QED) is 0.569. The van der Waals surface area contributed by atoms with Crippen LogP contribution in [0, 0.1) is 20.8 Å². The van der Waals surface area contributed by atoms with Gasteiger partial charge in [-0.1, -0.05) is 20.8 Å². The highest BCUT2D eigenvalue weighted by molar-refractivity contribution is 7.12. The average Bonchev–Trinajstić information content (AvgIpc) is 2.15. The van der Waals surface area contributed by atoms with Crippen molar-refractivity contribution >= 4 is 11.3 Å². The van der Waals surface area contributed by atoms with Crippen LogP contribution in [0.25, 0.3) is 0 Å². The van der Waals surface area contributed by atoms with Crippen LogP contribution in [0.3, 0.4) is 0 Å². The van der Waals surface area contributed by atoms with Crippen LogP contribution >= 0.6 is 11.3 Å². The van der Waals surface area contributed by atoms with Crippen LogP contribution in [0.5, 0.6) is 0 Å². The summed E-state index contributed by atoms with van der Waals surface area (Å²) in [6.07, 6.45) is 0. The Balaban J connectivity index is 3.28. The van der Waals surface area contributed by atoms with E-state index in [1.165, 1.54) is 20.9 Å². The molecular weight excluding hydrogens is 164 g/mol. The second kappa shape index (κ2) is 2.88. The Kier molecular flexibility index (Phi) is 2.35. The summed E-state index contributed by atoms with van der Waals surface area (Å²) in [6.45, 7) is 13.5. The summed E-state index contributed by atoms with van der Waals surface area (Å²) in [7, 11) is 0. The zero-order chi connectivity index (χ0) is 9.52. The zero-order valence-electron chi connectivity index (χ0n) is 8.91. The second-order valence-electron chi connectivity index (χ2n) is 4.49. The van der Waals surface area contributed by atoms with E-state index < -0.39 is 0 Å². The average molecular weight is 182 g/mol. The van der Waals surface area contributed by atoms with Gasteiger partial charge in [0.2, 0.25) is 0 Å². The molecule has 1 heterocycles. The fraction of sp³-hybridized carbons (Fsp3) is 0.636. The molecular formula is C11H18S. The van der Waals surface area contributed by atoms with E-state index in [9.17, 15) is 0 Å². The van der Waals surface area contributed by atoms with Gasteiger partial charge in [-0.15, -0.1) is 11.3 Å². The highest BCUT2D eigenvalue weighted by Gasteiger charge is 2.20. The normalized spacial score (nSPS) is 12.2. The van der Waals surface area contributed by atoms with Crippen LogP contribution < -0.4 is 0 Å². The number of rotatable bonds is 0. The van der Waals surface area contributed by atoms with Crippen LogP contribution in [-0.4, -0.2) is 0 Å². The molecule has 0 unspecified atom stereocenters. The van der Waals surface area contributed by atoms with Gasteiger partial charge in [0, 0.05) is 9.75 Å². The summed E-state index contributed by atoms with van der Waals surface area (Å²) in [5, 5.41) is 0. The molecule has 0 nitrogen and oxygen atoms in total. The molecule has 0 aliphatic heterocycles. The number of aryl methyl sites for hydroxylation is 1. The summed E-state index contributed by atoms with van der Waals surface area (Å²) in [4.78, 5) is 3.01. The first kappa shape index (κ1) is 9.79. The van der Waals surface area contributed by atoms with Crippen molar-refractivity contribution in [2.75, 3.05) is 0 Å². The van der Waals surface area contributed by atoms with Gasteiger partial charge in [-0.25, -0.2) is 0 Å². The summed E-state index contributed by atoms with van der Waals surface area (Å²) in [5.74, 6) is 0. The first-order valence-electron chi connectivity index (χ1n) is 4.41. The van der Waals surface area contributed by atoms with E-state index in [2.05, 4.69) is 41.5 Å². The minimum atomic E-state index is 0.313. The number of hydrogen-bond acceptors (Lipinski definition) is 1. The molecule has 0 fully saturated rings. The molecule has 0 amide bonds. The van der Waals surface area contributed by atoms with Crippen LogP contribution in [0.2, 0.25) is 0 Å². The van der Waals surface area contributed by atoms with E-state index in [4.69, 9.17) is 0 Å². The van der Waals surface area contributed by atoms with Crippen molar-refractivity contribution in [2.24, 2.45) is 0 Å². The van der Waals surface area contributed by atoms with Gasteiger partial charge in [0.1, 0.15) is 0 Å². The fourth-order valence-electron chi connectivity index (χ4n) is 1.46. The molecule has 1 aromatic heterocycles. The minimum absolute atomic E-state index is 0.313. The van der Waals surface area contributed by atoms with E-state index in [-0.39, 0.29) is 0 Å². The zero-order valence-corrected chi connectivity index (χ0v) is 9.72. The molecule has 1 rings (SSSR count). The topological polar surface area (TPSA) is 0 Å². The molecule has 0 atom stereocenters. The van der Waals surface area contributed by atoms with E-state index >= 15 is 0 Å². The SMILES string of the molecule is Cc1sc(C(C)(C)C)c(C)c1C. The summed E-state index contributed by atoms with van der Waals surface area (Å²) < 4.78 is 0. The van der Waals surface area contributed by atoms with Crippen molar-refractivity contribution in [1.82, 2.24) is 0 Å². The molecule has 0 saturated heterocycles. The molecule has 0 N–H and O–H groups in total. The van der Waals surface area contributed by atoms with Crippen molar-refractivity contribution in [3.05, 3.63) is 20.9 Å². The van der Waals surface area contributed by atoms with Crippen LogP contribution in [0.15, 0.2) is 0 Å². The fourth-order valence-corrected chi connectivity index (χ4v) is 2.68. The lowest BCUT2D eigenvalue weighted by Crippen LogP contribution is -2.10. The van der Waals surface area contributed by atoms with E-state index in [0.29, 0.717) is 5.41 Å². The summed E-state index contributed by atoms with van der Waals surface area (Å²) in [6, 6.07) is 0. The predicted molar refractivity (Wildman–Crippen MR) is 57.2 cm³/mol. The smallest absolute Gasteiger partial charge is 0.0133 e. The van der Waals surface area contributed by atoms with Gasteiger partial charge in [-0.05, 0) is 37.3 Å². The van der Waals surface area contributed by atoms with Crippen molar-refractivity contribution in [2.45, 2.75) is 47.0 Å². The van der Waals surface area contributed by atoms with E-state index in [1.807, 2.05) is 11.3 Å². The standard InChI is InChI=1S/C11H18S/c1-7-8(2)10(11(4,5)6)12-9(7)3/h1-6H3. The highest BCUT2D eigenvalue weighted by Crippen LogP contribution is 2.35. The molecule has 1 aromatic rings. The molecule has 0 aliphatic carbocycles. The monoisotopic (exact) mass is 182 g/mol. The Morgan fingerprint density at radius 1 is 0.917 bits per heavy atom. The maximum atomic E-state index is 2.28. The first-order chi connectivity index (χ1) is 5.34. The summed E-state index contributed by atoms with van der Waals surface area (Å²) in [5.41, 5.74) is 3.28. The third-order valence-electron chi connectivity index (χ3n) is 2.37. The van der Waals surface area contributed by atoms with Gasteiger partial charge in [0.15, 0.2) is 0 Å². The lowest BCUT2D eigenvalue weighted by molar-refractivity contribution is 0.600. The Labute approximate surface area is 79.6 Å². The third-order valence-corrected chi connectivity index (χ3v) is 4.10.